The summed E-state index contributed by atoms with van der Waals surface area (Å²) in [7, 11) is 0. The van der Waals surface area contributed by atoms with Crippen LogP contribution in [0.1, 0.15) is 40.9 Å². The van der Waals surface area contributed by atoms with E-state index < -0.39 is 6.61 Å². The summed E-state index contributed by atoms with van der Waals surface area (Å²) in [6.07, 6.45) is 0.858. The van der Waals surface area contributed by atoms with Crippen LogP contribution < -0.4 is 10.1 Å². The molecule has 4 nitrogen and oxygen atoms in total. The van der Waals surface area contributed by atoms with Crippen LogP contribution in [0.5, 0.6) is 5.75 Å². The fourth-order valence-corrected chi connectivity index (χ4v) is 2.67. The average molecular weight is 326 g/mol. The van der Waals surface area contributed by atoms with E-state index in [-0.39, 0.29) is 17.7 Å². The molecule has 0 aliphatic rings. The highest BCUT2D eigenvalue weighted by Crippen LogP contribution is 2.18. The van der Waals surface area contributed by atoms with Crippen molar-refractivity contribution in [1.82, 2.24) is 10.3 Å². The molecular weight excluding hydrogens is 310 g/mol. The topological polar surface area (TPSA) is 51.2 Å². The first-order valence-electron chi connectivity index (χ1n) is 6.79. The first kappa shape index (κ1) is 16.4. The minimum Gasteiger partial charge on any atom is -0.435 e. The average Bonchev–Trinajstić information content (AvgIpc) is 2.96. The molecule has 0 bridgehead atoms. The summed E-state index contributed by atoms with van der Waals surface area (Å²) < 4.78 is 28.4. The number of halogens is 2. The van der Waals surface area contributed by atoms with E-state index in [1.54, 1.807) is 11.3 Å². The van der Waals surface area contributed by atoms with Crippen molar-refractivity contribution >= 4 is 17.2 Å². The number of carbonyl (C=O) groups is 1. The second kappa shape index (κ2) is 7.31. The Morgan fingerprint density at radius 1 is 1.36 bits per heavy atom. The van der Waals surface area contributed by atoms with Gasteiger partial charge in [-0.3, -0.25) is 4.79 Å². The standard InChI is InChI=1S/C15H16F2N2O2S/c1-3-13-19-12(8-22-13)9(2)18-14(20)10-4-6-11(7-5-10)21-15(16)17/h4-9,15H,3H2,1-2H3,(H,18,20). The largest absolute Gasteiger partial charge is 0.435 e. The molecule has 118 valence electrons. The molecule has 2 rings (SSSR count). The highest BCUT2D eigenvalue weighted by Gasteiger charge is 2.14. The molecule has 1 N–H and O–H groups in total. The summed E-state index contributed by atoms with van der Waals surface area (Å²) in [5, 5.41) is 5.76. The lowest BCUT2D eigenvalue weighted by atomic mass is 10.2. The third-order valence-corrected chi connectivity index (χ3v) is 4.02. The Kier molecular flexibility index (Phi) is 5.43. The van der Waals surface area contributed by atoms with Gasteiger partial charge in [0.2, 0.25) is 0 Å². The van der Waals surface area contributed by atoms with Crippen LogP contribution in [-0.2, 0) is 6.42 Å². The van der Waals surface area contributed by atoms with Crippen molar-refractivity contribution in [2.45, 2.75) is 32.9 Å². The number of rotatable bonds is 6. The molecule has 1 heterocycles. The Morgan fingerprint density at radius 2 is 2.05 bits per heavy atom. The number of alkyl halides is 2. The second-order valence-electron chi connectivity index (χ2n) is 4.62. The number of aromatic nitrogens is 1. The molecule has 1 unspecified atom stereocenters. The number of hydrogen-bond donors (Lipinski definition) is 1. The summed E-state index contributed by atoms with van der Waals surface area (Å²) in [5.74, 6) is -0.270. The Balaban J connectivity index is 1.99. The van der Waals surface area contributed by atoms with E-state index in [4.69, 9.17) is 0 Å². The smallest absolute Gasteiger partial charge is 0.387 e. The van der Waals surface area contributed by atoms with Gasteiger partial charge in [-0.05, 0) is 37.6 Å². The maximum atomic E-state index is 12.1. The molecule has 0 aliphatic carbocycles. The van der Waals surface area contributed by atoms with E-state index in [9.17, 15) is 13.6 Å². The maximum absolute atomic E-state index is 12.1. The predicted molar refractivity (Wildman–Crippen MR) is 80.4 cm³/mol. The lowest BCUT2D eigenvalue weighted by Gasteiger charge is -2.12. The zero-order valence-electron chi connectivity index (χ0n) is 12.2. The van der Waals surface area contributed by atoms with Gasteiger partial charge in [-0.2, -0.15) is 8.78 Å². The van der Waals surface area contributed by atoms with Gasteiger partial charge in [-0.25, -0.2) is 4.98 Å². The van der Waals surface area contributed by atoms with Crippen LogP contribution in [0.25, 0.3) is 0 Å². The first-order chi connectivity index (χ1) is 10.5. The Bertz CT molecular complexity index is 629. The number of benzene rings is 1. The lowest BCUT2D eigenvalue weighted by molar-refractivity contribution is -0.0498. The van der Waals surface area contributed by atoms with Gasteiger partial charge in [0.1, 0.15) is 5.75 Å². The minimum absolute atomic E-state index is 0.0201. The van der Waals surface area contributed by atoms with Crippen LogP contribution in [0.2, 0.25) is 0 Å². The fourth-order valence-electron chi connectivity index (χ4n) is 1.83. The molecule has 0 aliphatic heterocycles. The summed E-state index contributed by atoms with van der Waals surface area (Å²) in [5.41, 5.74) is 1.19. The monoisotopic (exact) mass is 326 g/mol. The predicted octanol–water partition coefficient (Wildman–Crippen LogP) is 3.80. The number of nitrogens with one attached hydrogen (secondary N) is 1. The third-order valence-electron chi connectivity index (χ3n) is 3.00. The van der Waals surface area contributed by atoms with Gasteiger partial charge in [0.15, 0.2) is 0 Å². The number of ether oxygens (including phenoxy) is 1. The van der Waals surface area contributed by atoms with Gasteiger partial charge in [0.05, 0.1) is 16.7 Å². The van der Waals surface area contributed by atoms with Crippen LogP contribution in [0.3, 0.4) is 0 Å². The number of amides is 1. The van der Waals surface area contributed by atoms with E-state index in [2.05, 4.69) is 15.0 Å². The zero-order valence-corrected chi connectivity index (χ0v) is 13.0. The van der Waals surface area contributed by atoms with Crippen molar-refractivity contribution in [3.8, 4) is 5.75 Å². The van der Waals surface area contributed by atoms with Crippen molar-refractivity contribution in [3.05, 3.63) is 45.9 Å². The summed E-state index contributed by atoms with van der Waals surface area (Å²) in [4.78, 5) is 16.5. The van der Waals surface area contributed by atoms with E-state index in [1.165, 1.54) is 24.3 Å². The maximum Gasteiger partial charge on any atom is 0.387 e. The Morgan fingerprint density at radius 3 is 2.59 bits per heavy atom. The van der Waals surface area contributed by atoms with Crippen LogP contribution in [-0.4, -0.2) is 17.5 Å². The molecular formula is C15H16F2N2O2S. The van der Waals surface area contributed by atoms with Crippen molar-refractivity contribution in [2.24, 2.45) is 0 Å². The van der Waals surface area contributed by atoms with Crippen molar-refractivity contribution < 1.29 is 18.3 Å². The quantitative estimate of drug-likeness (QED) is 0.878. The molecule has 0 radical (unpaired) electrons. The first-order valence-corrected chi connectivity index (χ1v) is 7.67. The van der Waals surface area contributed by atoms with E-state index in [0.29, 0.717) is 5.56 Å². The summed E-state index contributed by atoms with van der Waals surface area (Å²) in [6.45, 7) is 0.993. The summed E-state index contributed by atoms with van der Waals surface area (Å²) in [6, 6.07) is 5.34. The van der Waals surface area contributed by atoms with Crippen molar-refractivity contribution in [1.29, 1.82) is 0 Å². The van der Waals surface area contributed by atoms with Crippen molar-refractivity contribution in [2.75, 3.05) is 0 Å². The van der Waals surface area contributed by atoms with Gasteiger partial charge < -0.3 is 10.1 Å². The third kappa shape index (κ3) is 4.24. The Hall–Kier alpha value is -2.02. The van der Waals surface area contributed by atoms with Crippen LogP contribution >= 0.6 is 11.3 Å². The number of aryl methyl sites for hydroxylation is 1. The number of thiazole rings is 1. The molecule has 22 heavy (non-hydrogen) atoms. The zero-order chi connectivity index (χ0) is 16.1. The van der Waals surface area contributed by atoms with Gasteiger partial charge in [0, 0.05) is 10.9 Å². The fraction of sp³-hybridized carbons (Fsp3) is 0.333. The van der Waals surface area contributed by atoms with Crippen LogP contribution in [0.4, 0.5) is 8.78 Å². The molecule has 1 aromatic heterocycles. The van der Waals surface area contributed by atoms with Gasteiger partial charge in [0.25, 0.3) is 5.91 Å². The molecule has 2 aromatic rings. The summed E-state index contributed by atoms with van der Waals surface area (Å²) >= 11 is 1.56. The van der Waals surface area contributed by atoms with Crippen LogP contribution in [0, 0.1) is 0 Å². The lowest BCUT2D eigenvalue weighted by Crippen LogP contribution is -2.26. The normalized spacial score (nSPS) is 12.2. The minimum atomic E-state index is -2.88. The highest BCUT2D eigenvalue weighted by atomic mass is 32.1. The number of hydrogen-bond acceptors (Lipinski definition) is 4. The molecule has 7 heteroatoms. The van der Waals surface area contributed by atoms with Gasteiger partial charge in [-0.15, -0.1) is 11.3 Å². The molecule has 0 saturated heterocycles. The van der Waals surface area contributed by atoms with Crippen molar-refractivity contribution in [3.63, 3.8) is 0 Å². The Labute approximate surface area is 131 Å². The molecule has 0 fully saturated rings. The molecule has 1 atom stereocenters. The number of nitrogens with zero attached hydrogens (tertiary/aromatic N) is 1. The molecule has 0 spiro atoms. The van der Waals surface area contributed by atoms with Gasteiger partial charge in [-0.1, -0.05) is 6.92 Å². The van der Waals surface area contributed by atoms with Crippen LogP contribution in [0.15, 0.2) is 29.6 Å². The number of carbonyl (C=O) groups excluding carboxylic acids is 1. The van der Waals surface area contributed by atoms with Gasteiger partial charge >= 0.3 is 6.61 Å². The van der Waals surface area contributed by atoms with E-state index in [1.807, 2.05) is 19.2 Å². The molecule has 1 amide bonds. The van der Waals surface area contributed by atoms with E-state index >= 15 is 0 Å². The second-order valence-corrected chi connectivity index (χ2v) is 5.56. The highest BCUT2D eigenvalue weighted by molar-refractivity contribution is 7.09. The SMILES string of the molecule is CCc1nc(C(C)NC(=O)c2ccc(OC(F)F)cc2)cs1. The van der Waals surface area contributed by atoms with E-state index in [0.717, 1.165) is 17.1 Å². The molecule has 1 aromatic carbocycles. The molecule has 0 saturated carbocycles.